The summed E-state index contributed by atoms with van der Waals surface area (Å²) in [5, 5.41) is 0. The Balaban J connectivity index is 1.81. The zero-order valence-electron chi connectivity index (χ0n) is 10.9. The molecule has 0 amide bonds. The Morgan fingerprint density at radius 2 is 2.12 bits per heavy atom. The molecule has 0 spiro atoms. The van der Waals surface area contributed by atoms with Crippen LogP contribution in [0, 0.1) is 11.8 Å². The van der Waals surface area contributed by atoms with Crippen LogP contribution in [-0.2, 0) is 4.74 Å². The molecule has 1 saturated carbocycles. The molecule has 0 aromatic heterocycles. The van der Waals surface area contributed by atoms with Gasteiger partial charge in [-0.2, -0.15) is 0 Å². The second kappa shape index (κ2) is 5.05. The van der Waals surface area contributed by atoms with Gasteiger partial charge in [0.15, 0.2) is 0 Å². The van der Waals surface area contributed by atoms with E-state index in [1.54, 1.807) is 0 Å². The summed E-state index contributed by atoms with van der Waals surface area (Å²) in [4.78, 5) is 0. The van der Waals surface area contributed by atoms with Gasteiger partial charge in [-0.1, -0.05) is 13.8 Å². The van der Waals surface area contributed by atoms with E-state index in [-0.39, 0.29) is 5.54 Å². The lowest BCUT2D eigenvalue weighted by Gasteiger charge is -2.42. The predicted octanol–water partition coefficient (Wildman–Crippen LogP) is 3.10. The molecular formula is C14H27NO. The van der Waals surface area contributed by atoms with Gasteiger partial charge in [-0.3, -0.25) is 0 Å². The third-order valence-electron chi connectivity index (χ3n) is 4.80. The first kappa shape index (κ1) is 12.4. The van der Waals surface area contributed by atoms with Gasteiger partial charge >= 0.3 is 0 Å². The molecule has 0 bridgehead atoms. The minimum Gasteiger partial charge on any atom is -0.378 e. The van der Waals surface area contributed by atoms with Crippen molar-refractivity contribution in [3.63, 3.8) is 0 Å². The van der Waals surface area contributed by atoms with E-state index < -0.39 is 0 Å². The third-order valence-corrected chi connectivity index (χ3v) is 4.80. The molecule has 1 aliphatic heterocycles. The number of hydrogen-bond donors (Lipinski definition) is 1. The first-order chi connectivity index (χ1) is 7.60. The minimum atomic E-state index is 0.0957. The Bertz CT molecular complexity index is 225. The maximum atomic E-state index is 6.59. The second-order valence-electron chi connectivity index (χ2n) is 6.19. The first-order valence-corrected chi connectivity index (χ1v) is 7.00. The average molecular weight is 225 g/mol. The van der Waals surface area contributed by atoms with Crippen molar-refractivity contribution in [2.75, 3.05) is 6.61 Å². The summed E-state index contributed by atoms with van der Waals surface area (Å²) in [6.07, 6.45) is 9.17. The highest BCUT2D eigenvalue weighted by molar-refractivity contribution is 4.94. The Hall–Kier alpha value is -0.0800. The fourth-order valence-corrected chi connectivity index (χ4v) is 3.39. The van der Waals surface area contributed by atoms with E-state index in [2.05, 4.69) is 13.8 Å². The van der Waals surface area contributed by atoms with Gasteiger partial charge in [-0.25, -0.2) is 0 Å². The fourth-order valence-electron chi connectivity index (χ4n) is 3.39. The lowest BCUT2D eigenvalue weighted by molar-refractivity contribution is 0.0796. The molecule has 16 heavy (non-hydrogen) atoms. The fraction of sp³-hybridized carbons (Fsp3) is 1.00. The molecule has 4 unspecified atom stereocenters. The molecule has 2 fully saturated rings. The number of hydrogen-bond acceptors (Lipinski definition) is 2. The molecule has 94 valence electrons. The van der Waals surface area contributed by atoms with Gasteiger partial charge in [0.05, 0.1) is 6.10 Å². The van der Waals surface area contributed by atoms with E-state index in [1.807, 2.05) is 0 Å². The summed E-state index contributed by atoms with van der Waals surface area (Å²) in [5.41, 5.74) is 6.68. The zero-order chi connectivity index (χ0) is 11.6. The highest BCUT2D eigenvalue weighted by Gasteiger charge is 2.37. The van der Waals surface area contributed by atoms with Gasteiger partial charge < -0.3 is 10.5 Å². The number of ether oxygens (including phenoxy) is 1. The van der Waals surface area contributed by atoms with E-state index in [0.29, 0.717) is 12.0 Å². The normalized spacial score (nSPS) is 44.8. The number of nitrogens with two attached hydrogens (primary N) is 1. The van der Waals surface area contributed by atoms with Crippen molar-refractivity contribution in [3.8, 4) is 0 Å². The van der Waals surface area contributed by atoms with Gasteiger partial charge in [-0.15, -0.1) is 0 Å². The summed E-state index contributed by atoms with van der Waals surface area (Å²) in [6, 6.07) is 0. The molecule has 1 aliphatic carbocycles. The van der Waals surface area contributed by atoms with E-state index >= 15 is 0 Å². The lowest BCUT2D eigenvalue weighted by atomic mass is 9.68. The molecule has 2 N–H and O–H groups in total. The molecule has 0 aromatic carbocycles. The van der Waals surface area contributed by atoms with Crippen LogP contribution in [0.4, 0.5) is 0 Å². The predicted molar refractivity (Wildman–Crippen MR) is 67.3 cm³/mol. The highest BCUT2D eigenvalue weighted by Crippen LogP contribution is 2.38. The second-order valence-corrected chi connectivity index (χ2v) is 6.19. The van der Waals surface area contributed by atoms with Gasteiger partial charge in [0, 0.05) is 12.1 Å². The van der Waals surface area contributed by atoms with Crippen LogP contribution in [0.1, 0.15) is 58.8 Å². The van der Waals surface area contributed by atoms with Crippen LogP contribution in [0.25, 0.3) is 0 Å². The first-order valence-electron chi connectivity index (χ1n) is 7.00. The number of rotatable bonds is 3. The largest absolute Gasteiger partial charge is 0.378 e. The van der Waals surface area contributed by atoms with Crippen molar-refractivity contribution < 1.29 is 4.74 Å². The summed E-state index contributed by atoms with van der Waals surface area (Å²) in [6.45, 7) is 5.66. The van der Waals surface area contributed by atoms with Crippen LogP contribution < -0.4 is 5.73 Å². The van der Waals surface area contributed by atoms with Crippen LogP contribution in [0.15, 0.2) is 0 Å². The summed E-state index contributed by atoms with van der Waals surface area (Å²) >= 11 is 0. The smallest absolute Gasteiger partial charge is 0.0576 e. The molecule has 1 saturated heterocycles. The molecule has 2 nitrogen and oxygen atoms in total. The lowest BCUT2D eigenvalue weighted by Crippen LogP contribution is -2.49. The highest BCUT2D eigenvalue weighted by atomic mass is 16.5. The van der Waals surface area contributed by atoms with Crippen LogP contribution in [0.5, 0.6) is 0 Å². The Kier molecular flexibility index (Phi) is 3.91. The standard InChI is InChI=1S/C14H27NO/c1-11-5-7-14(15,12(2)10-11)8-6-13-4-3-9-16-13/h11-13H,3-10,15H2,1-2H3. The monoisotopic (exact) mass is 225 g/mol. The van der Waals surface area contributed by atoms with Crippen LogP contribution >= 0.6 is 0 Å². The maximum absolute atomic E-state index is 6.59. The zero-order valence-corrected chi connectivity index (χ0v) is 10.9. The minimum absolute atomic E-state index is 0.0957. The topological polar surface area (TPSA) is 35.2 Å². The van der Waals surface area contributed by atoms with Gasteiger partial charge in [0.1, 0.15) is 0 Å². The van der Waals surface area contributed by atoms with E-state index in [4.69, 9.17) is 10.5 Å². The summed E-state index contributed by atoms with van der Waals surface area (Å²) in [7, 11) is 0. The Morgan fingerprint density at radius 1 is 1.31 bits per heavy atom. The molecule has 0 aromatic rings. The molecule has 2 heteroatoms. The van der Waals surface area contributed by atoms with Crippen LogP contribution in [0.3, 0.4) is 0 Å². The van der Waals surface area contributed by atoms with Crippen molar-refractivity contribution in [2.45, 2.75) is 70.4 Å². The molecular weight excluding hydrogens is 198 g/mol. The van der Waals surface area contributed by atoms with Crippen molar-refractivity contribution >= 4 is 0 Å². The van der Waals surface area contributed by atoms with Crippen molar-refractivity contribution in [3.05, 3.63) is 0 Å². The quantitative estimate of drug-likeness (QED) is 0.801. The van der Waals surface area contributed by atoms with Crippen molar-refractivity contribution in [1.29, 1.82) is 0 Å². The van der Waals surface area contributed by atoms with E-state index in [9.17, 15) is 0 Å². The molecule has 4 atom stereocenters. The van der Waals surface area contributed by atoms with Crippen molar-refractivity contribution in [2.24, 2.45) is 17.6 Å². The molecule has 0 radical (unpaired) electrons. The van der Waals surface area contributed by atoms with Crippen LogP contribution in [0.2, 0.25) is 0 Å². The molecule has 2 aliphatic rings. The average Bonchev–Trinajstić information content (AvgIpc) is 2.75. The van der Waals surface area contributed by atoms with Gasteiger partial charge in [-0.05, 0) is 56.8 Å². The van der Waals surface area contributed by atoms with E-state index in [1.165, 1.54) is 38.5 Å². The summed E-state index contributed by atoms with van der Waals surface area (Å²) in [5.74, 6) is 1.55. The SMILES string of the molecule is CC1CCC(N)(CCC2CCCO2)C(C)C1. The summed E-state index contributed by atoms with van der Waals surface area (Å²) < 4.78 is 5.69. The van der Waals surface area contributed by atoms with Crippen molar-refractivity contribution in [1.82, 2.24) is 0 Å². The van der Waals surface area contributed by atoms with Gasteiger partial charge in [0.25, 0.3) is 0 Å². The maximum Gasteiger partial charge on any atom is 0.0576 e. The molecule has 1 heterocycles. The van der Waals surface area contributed by atoms with Crippen LogP contribution in [-0.4, -0.2) is 18.2 Å². The Labute approximate surface area is 99.9 Å². The Morgan fingerprint density at radius 3 is 2.75 bits per heavy atom. The van der Waals surface area contributed by atoms with Gasteiger partial charge in [0.2, 0.25) is 0 Å². The van der Waals surface area contributed by atoms with E-state index in [0.717, 1.165) is 18.9 Å². The third kappa shape index (κ3) is 2.78. The molecule has 2 rings (SSSR count).